The fraction of sp³-hybridized carbons (Fsp3) is 0.241. The van der Waals surface area contributed by atoms with Gasteiger partial charge in [0.1, 0.15) is 5.82 Å². The molecular formula is C29H27FN2O2S. The summed E-state index contributed by atoms with van der Waals surface area (Å²) in [6.07, 6.45) is 6.25. The number of benzene rings is 3. The molecule has 6 heteroatoms. The molecule has 35 heavy (non-hydrogen) atoms. The van der Waals surface area contributed by atoms with Crippen LogP contribution < -0.4 is 4.90 Å². The third-order valence-electron chi connectivity index (χ3n) is 6.42. The zero-order chi connectivity index (χ0) is 24.2. The molecule has 3 aromatic carbocycles. The van der Waals surface area contributed by atoms with Crippen molar-refractivity contribution in [3.05, 3.63) is 100 Å². The maximum Gasteiger partial charge on any atom is 0.265 e. The first-order valence-corrected chi connectivity index (χ1v) is 12.8. The Bertz CT molecular complexity index is 1250. The maximum atomic E-state index is 13.7. The van der Waals surface area contributed by atoms with Crippen LogP contribution in [-0.2, 0) is 11.3 Å². The van der Waals surface area contributed by atoms with Crippen LogP contribution >= 0.6 is 11.8 Å². The first-order valence-electron chi connectivity index (χ1n) is 12.0. The van der Waals surface area contributed by atoms with Crippen LogP contribution in [-0.4, -0.2) is 29.8 Å². The van der Waals surface area contributed by atoms with Crippen LogP contribution in [0, 0.1) is 5.82 Å². The lowest BCUT2D eigenvalue weighted by atomic mass is 10.1. The highest BCUT2D eigenvalue weighted by Crippen LogP contribution is 2.43. The van der Waals surface area contributed by atoms with Gasteiger partial charge in [0.2, 0.25) is 0 Å². The van der Waals surface area contributed by atoms with Gasteiger partial charge < -0.3 is 9.80 Å². The van der Waals surface area contributed by atoms with Gasteiger partial charge in [-0.15, -0.1) is 0 Å². The van der Waals surface area contributed by atoms with Gasteiger partial charge >= 0.3 is 0 Å². The Kier molecular flexibility index (Phi) is 7.00. The highest BCUT2D eigenvalue weighted by atomic mass is 32.2. The maximum absolute atomic E-state index is 13.7. The zero-order valence-electron chi connectivity index (χ0n) is 19.5. The minimum atomic E-state index is -0.315. The van der Waals surface area contributed by atoms with Crippen molar-refractivity contribution in [2.45, 2.75) is 37.1 Å². The van der Waals surface area contributed by atoms with E-state index >= 15 is 0 Å². The summed E-state index contributed by atoms with van der Waals surface area (Å²) in [6.45, 7) is 1.83. The summed E-state index contributed by atoms with van der Waals surface area (Å²) in [6, 6.07) is 21.6. The van der Waals surface area contributed by atoms with Gasteiger partial charge in [-0.05, 0) is 60.4 Å². The molecule has 2 aliphatic heterocycles. The van der Waals surface area contributed by atoms with Crippen LogP contribution in [0.5, 0.6) is 0 Å². The summed E-state index contributed by atoms with van der Waals surface area (Å²) in [4.78, 5) is 32.1. The number of carbonyl (C=O) groups excluding carboxylic acids is 2. The van der Waals surface area contributed by atoms with Crippen molar-refractivity contribution < 1.29 is 14.0 Å². The molecule has 5 rings (SSSR count). The smallest absolute Gasteiger partial charge is 0.265 e. The van der Waals surface area contributed by atoms with E-state index in [2.05, 4.69) is 0 Å². The van der Waals surface area contributed by atoms with E-state index in [0.717, 1.165) is 60.5 Å². The predicted molar refractivity (Wildman–Crippen MR) is 139 cm³/mol. The molecule has 0 radical (unpaired) electrons. The molecule has 1 fully saturated rings. The first-order chi connectivity index (χ1) is 17.1. The monoisotopic (exact) mass is 486 g/mol. The van der Waals surface area contributed by atoms with Crippen LogP contribution in [0.25, 0.3) is 6.08 Å². The van der Waals surface area contributed by atoms with E-state index < -0.39 is 0 Å². The topological polar surface area (TPSA) is 40.6 Å². The van der Waals surface area contributed by atoms with Crippen molar-refractivity contribution in [3.63, 3.8) is 0 Å². The average Bonchev–Trinajstić information content (AvgIpc) is 3.17. The molecule has 0 bridgehead atoms. The quantitative estimate of drug-likeness (QED) is 0.394. The number of likely N-dealkylation sites (tertiary alicyclic amines) is 1. The highest BCUT2D eigenvalue weighted by Gasteiger charge is 2.31. The number of nitrogens with zero attached hydrogens (tertiary/aromatic N) is 2. The number of carbonyl (C=O) groups is 2. The van der Waals surface area contributed by atoms with Crippen molar-refractivity contribution in [1.82, 2.24) is 4.90 Å². The molecular weight excluding hydrogens is 459 g/mol. The van der Waals surface area contributed by atoms with Gasteiger partial charge in [-0.1, -0.05) is 67.1 Å². The van der Waals surface area contributed by atoms with Gasteiger partial charge in [0.15, 0.2) is 0 Å². The van der Waals surface area contributed by atoms with E-state index in [1.54, 1.807) is 17.0 Å². The van der Waals surface area contributed by atoms with Crippen molar-refractivity contribution in [2.24, 2.45) is 0 Å². The number of halogens is 1. The number of amides is 2. The molecule has 2 aliphatic rings. The third-order valence-corrected chi connectivity index (χ3v) is 7.49. The van der Waals surface area contributed by atoms with Gasteiger partial charge in [0, 0.05) is 23.5 Å². The number of rotatable bonds is 4. The minimum absolute atomic E-state index is 0.0134. The normalized spacial score (nSPS) is 17.3. The molecule has 2 amide bonds. The van der Waals surface area contributed by atoms with E-state index in [9.17, 15) is 14.0 Å². The Morgan fingerprint density at radius 1 is 0.914 bits per heavy atom. The van der Waals surface area contributed by atoms with Gasteiger partial charge in [0.05, 0.1) is 17.1 Å². The van der Waals surface area contributed by atoms with Crippen molar-refractivity contribution >= 4 is 35.3 Å². The lowest BCUT2D eigenvalue weighted by molar-refractivity contribution is -0.114. The molecule has 3 aromatic rings. The Morgan fingerprint density at radius 3 is 2.34 bits per heavy atom. The Hall–Kier alpha value is -3.38. The second-order valence-electron chi connectivity index (χ2n) is 8.93. The van der Waals surface area contributed by atoms with Crippen molar-refractivity contribution in [2.75, 3.05) is 18.0 Å². The molecule has 178 valence electrons. The van der Waals surface area contributed by atoms with Crippen molar-refractivity contribution in [1.29, 1.82) is 0 Å². The Balaban J connectivity index is 1.51. The summed E-state index contributed by atoms with van der Waals surface area (Å²) >= 11 is 1.42. The fourth-order valence-electron chi connectivity index (χ4n) is 4.53. The minimum Gasteiger partial charge on any atom is -0.339 e. The largest absolute Gasteiger partial charge is 0.339 e. The second kappa shape index (κ2) is 10.5. The number of hydrogen-bond donors (Lipinski definition) is 0. The number of thioether (sulfide) groups is 1. The molecule has 1 saturated heterocycles. The SMILES string of the molecule is O=C(c1ccc2c(c1)N(Cc1ccc(F)cc1)C(=O)C(=Cc1ccccc1)S2)N1CCCCCC1. The van der Waals surface area contributed by atoms with Gasteiger partial charge in [-0.2, -0.15) is 0 Å². The van der Waals surface area contributed by atoms with Crippen LogP contribution in [0.4, 0.5) is 10.1 Å². The molecule has 2 heterocycles. The summed E-state index contributed by atoms with van der Waals surface area (Å²) in [5.74, 6) is -0.431. The Morgan fingerprint density at radius 2 is 1.63 bits per heavy atom. The summed E-state index contributed by atoms with van der Waals surface area (Å²) in [7, 11) is 0. The molecule has 4 nitrogen and oxygen atoms in total. The second-order valence-corrected chi connectivity index (χ2v) is 10.0. The van der Waals surface area contributed by atoms with E-state index in [1.165, 1.54) is 23.9 Å². The number of hydrogen-bond acceptors (Lipinski definition) is 3. The molecule has 0 aromatic heterocycles. The number of fused-ring (bicyclic) bond motifs is 1. The van der Waals surface area contributed by atoms with Crippen LogP contribution in [0.15, 0.2) is 82.6 Å². The lowest BCUT2D eigenvalue weighted by Gasteiger charge is -2.31. The molecule has 0 spiro atoms. The average molecular weight is 487 g/mol. The first kappa shape index (κ1) is 23.4. The van der Waals surface area contributed by atoms with E-state index in [1.807, 2.05) is 59.5 Å². The molecule has 0 N–H and O–H groups in total. The standard InChI is InChI=1S/C29H27FN2O2S/c30-24-13-10-22(11-14-24)20-32-25-19-23(28(33)31-16-6-1-2-7-17-31)12-15-26(25)35-27(29(32)34)18-21-8-4-3-5-9-21/h3-5,8-15,18-19H,1-2,6-7,16-17,20H2. The molecule has 0 saturated carbocycles. The zero-order valence-corrected chi connectivity index (χ0v) is 20.3. The van der Waals surface area contributed by atoms with Crippen molar-refractivity contribution in [3.8, 4) is 0 Å². The number of anilines is 1. The lowest BCUT2D eigenvalue weighted by Crippen LogP contribution is -2.35. The van der Waals surface area contributed by atoms with Gasteiger partial charge in [-0.3, -0.25) is 9.59 Å². The van der Waals surface area contributed by atoms with E-state index in [-0.39, 0.29) is 17.6 Å². The third kappa shape index (κ3) is 5.33. The summed E-state index contributed by atoms with van der Waals surface area (Å²) in [5.41, 5.74) is 3.08. The highest BCUT2D eigenvalue weighted by molar-refractivity contribution is 8.04. The van der Waals surface area contributed by atoms with E-state index in [4.69, 9.17) is 0 Å². The molecule has 0 atom stereocenters. The predicted octanol–water partition coefficient (Wildman–Crippen LogP) is 6.52. The summed E-state index contributed by atoms with van der Waals surface area (Å²) in [5, 5.41) is 0. The fourth-order valence-corrected chi connectivity index (χ4v) is 5.57. The van der Waals surface area contributed by atoms with E-state index in [0.29, 0.717) is 17.0 Å². The molecule has 0 aliphatic carbocycles. The van der Waals surface area contributed by atoms with Crippen LogP contribution in [0.2, 0.25) is 0 Å². The Labute approximate surface area is 209 Å². The summed E-state index contributed by atoms with van der Waals surface area (Å²) < 4.78 is 13.5. The van der Waals surface area contributed by atoms with Gasteiger partial charge in [0.25, 0.3) is 11.8 Å². The van der Waals surface area contributed by atoms with Crippen LogP contribution in [0.3, 0.4) is 0 Å². The molecule has 0 unspecified atom stereocenters. The van der Waals surface area contributed by atoms with Gasteiger partial charge in [-0.25, -0.2) is 4.39 Å². The van der Waals surface area contributed by atoms with Crippen LogP contribution in [0.1, 0.15) is 47.2 Å².